The third-order valence-electron chi connectivity index (χ3n) is 3.74. The van der Waals surface area contributed by atoms with Crippen molar-refractivity contribution in [3.8, 4) is 6.07 Å². The number of hydrogen-bond acceptors (Lipinski definition) is 4. The van der Waals surface area contributed by atoms with E-state index in [4.69, 9.17) is 5.26 Å². The largest absolute Gasteiger partial charge is 0.372 e. The number of benzene rings is 1. The van der Waals surface area contributed by atoms with Crippen LogP contribution in [-0.4, -0.2) is 36.2 Å². The second kappa shape index (κ2) is 7.37. The maximum absolute atomic E-state index is 11.9. The number of thioether (sulfide) groups is 1. The first-order chi connectivity index (χ1) is 10.2. The van der Waals surface area contributed by atoms with Gasteiger partial charge < -0.3 is 9.80 Å². The molecule has 0 spiro atoms. The number of hydrogen-bond donors (Lipinski definition) is 0. The summed E-state index contributed by atoms with van der Waals surface area (Å²) in [6.07, 6.45) is 0.389. The summed E-state index contributed by atoms with van der Waals surface area (Å²) in [5, 5.41) is 8.77. The summed E-state index contributed by atoms with van der Waals surface area (Å²) in [4.78, 5) is 16.0. The molecule has 5 heteroatoms. The molecule has 1 aliphatic heterocycles. The Labute approximate surface area is 130 Å². The van der Waals surface area contributed by atoms with Crippen molar-refractivity contribution in [3.05, 3.63) is 29.8 Å². The Bertz CT molecular complexity index is 519. The zero-order valence-corrected chi connectivity index (χ0v) is 13.4. The van der Waals surface area contributed by atoms with Gasteiger partial charge in [-0.05, 0) is 31.5 Å². The minimum Gasteiger partial charge on any atom is -0.372 e. The second-order valence-electron chi connectivity index (χ2n) is 4.92. The average Bonchev–Trinajstić information content (AvgIpc) is 2.88. The van der Waals surface area contributed by atoms with Gasteiger partial charge in [-0.15, -0.1) is 11.8 Å². The van der Waals surface area contributed by atoms with Gasteiger partial charge in [0.1, 0.15) is 5.37 Å². The zero-order valence-electron chi connectivity index (χ0n) is 12.6. The molecule has 4 nitrogen and oxygen atoms in total. The van der Waals surface area contributed by atoms with Crippen LogP contribution in [0, 0.1) is 11.3 Å². The third-order valence-corrected chi connectivity index (χ3v) is 5.00. The SMILES string of the molecule is CCN(CC)c1ccc(C2SCC(=O)N2CCC#N)cc1. The van der Waals surface area contributed by atoms with E-state index >= 15 is 0 Å². The summed E-state index contributed by atoms with van der Waals surface area (Å²) in [5.74, 6) is 0.640. The standard InChI is InChI=1S/C16H21N3OS/c1-3-18(4-2)14-8-6-13(7-9-14)16-19(11-5-10-17)15(20)12-21-16/h6-9,16H,3-5,11-12H2,1-2H3. The van der Waals surface area contributed by atoms with E-state index in [0.717, 1.165) is 18.7 Å². The Morgan fingerprint density at radius 3 is 2.57 bits per heavy atom. The van der Waals surface area contributed by atoms with Gasteiger partial charge >= 0.3 is 0 Å². The molecular formula is C16H21N3OS. The predicted octanol–water partition coefficient (Wildman–Crippen LogP) is 3.02. The van der Waals surface area contributed by atoms with Crippen LogP contribution < -0.4 is 4.90 Å². The minimum absolute atomic E-state index is 0.0524. The predicted molar refractivity (Wildman–Crippen MR) is 87.1 cm³/mol. The van der Waals surface area contributed by atoms with E-state index in [-0.39, 0.29) is 11.3 Å². The minimum atomic E-state index is 0.0524. The van der Waals surface area contributed by atoms with E-state index in [1.165, 1.54) is 5.69 Å². The molecule has 0 radical (unpaired) electrons. The summed E-state index contributed by atoms with van der Waals surface area (Å²) in [6.45, 7) is 6.78. The third kappa shape index (κ3) is 3.51. The average molecular weight is 303 g/mol. The lowest BCUT2D eigenvalue weighted by molar-refractivity contribution is -0.127. The molecule has 1 aliphatic rings. The lowest BCUT2D eigenvalue weighted by Crippen LogP contribution is -2.29. The van der Waals surface area contributed by atoms with Gasteiger partial charge in [0.05, 0.1) is 18.2 Å². The summed E-state index contributed by atoms with van der Waals surface area (Å²) >= 11 is 1.64. The van der Waals surface area contributed by atoms with Gasteiger partial charge in [0, 0.05) is 25.3 Å². The first-order valence-electron chi connectivity index (χ1n) is 7.34. The molecule has 0 saturated carbocycles. The highest BCUT2D eigenvalue weighted by molar-refractivity contribution is 8.00. The Hall–Kier alpha value is -1.67. The molecule has 0 bridgehead atoms. The lowest BCUT2D eigenvalue weighted by Gasteiger charge is -2.25. The Morgan fingerprint density at radius 1 is 1.33 bits per heavy atom. The van der Waals surface area contributed by atoms with E-state index in [1.54, 1.807) is 11.8 Å². The van der Waals surface area contributed by atoms with Crippen molar-refractivity contribution in [2.45, 2.75) is 25.6 Å². The summed E-state index contributed by atoms with van der Waals surface area (Å²) in [5.41, 5.74) is 2.35. The van der Waals surface area contributed by atoms with Crippen molar-refractivity contribution in [2.24, 2.45) is 0 Å². The maximum atomic E-state index is 11.9. The number of rotatable bonds is 6. The van der Waals surface area contributed by atoms with E-state index in [0.29, 0.717) is 18.7 Å². The number of anilines is 1. The molecule has 21 heavy (non-hydrogen) atoms. The molecule has 1 heterocycles. The normalized spacial score (nSPS) is 17.9. The highest BCUT2D eigenvalue weighted by atomic mass is 32.2. The topological polar surface area (TPSA) is 47.3 Å². The van der Waals surface area contributed by atoms with Gasteiger partial charge in [-0.25, -0.2) is 0 Å². The number of carbonyl (C=O) groups excluding carboxylic acids is 1. The van der Waals surface area contributed by atoms with Crippen LogP contribution in [0.4, 0.5) is 5.69 Å². The van der Waals surface area contributed by atoms with Gasteiger partial charge in [0.2, 0.25) is 5.91 Å². The van der Waals surface area contributed by atoms with E-state index in [2.05, 4.69) is 49.1 Å². The molecule has 1 fully saturated rings. The van der Waals surface area contributed by atoms with Gasteiger partial charge in [-0.2, -0.15) is 5.26 Å². The molecule has 1 aromatic carbocycles. The Morgan fingerprint density at radius 2 is 2.00 bits per heavy atom. The van der Waals surface area contributed by atoms with Gasteiger partial charge in [0.15, 0.2) is 0 Å². The number of amides is 1. The fourth-order valence-corrected chi connectivity index (χ4v) is 3.80. The Kier molecular flexibility index (Phi) is 5.51. The summed E-state index contributed by atoms with van der Waals surface area (Å²) < 4.78 is 0. The van der Waals surface area contributed by atoms with Crippen LogP contribution >= 0.6 is 11.8 Å². The summed E-state index contributed by atoms with van der Waals surface area (Å²) in [6, 6.07) is 10.6. The molecule has 1 saturated heterocycles. The molecule has 1 unspecified atom stereocenters. The van der Waals surface area contributed by atoms with Crippen molar-refractivity contribution < 1.29 is 4.79 Å². The number of nitrogens with zero attached hydrogens (tertiary/aromatic N) is 3. The zero-order chi connectivity index (χ0) is 15.2. The quantitative estimate of drug-likeness (QED) is 0.810. The van der Waals surface area contributed by atoms with Gasteiger partial charge in [0.25, 0.3) is 0 Å². The summed E-state index contributed by atoms with van der Waals surface area (Å²) in [7, 11) is 0. The maximum Gasteiger partial charge on any atom is 0.233 e. The molecule has 112 valence electrons. The molecule has 1 amide bonds. The molecule has 2 rings (SSSR count). The van der Waals surface area contributed by atoms with Crippen molar-refractivity contribution in [3.63, 3.8) is 0 Å². The van der Waals surface area contributed by atoms with Crippen LogP contribution in [0.15, 0.2) is 24.3 Å². The van der Waals surface area contributed by atoms with Crippen molar-refractivity contribution in [1.29, 1.82) is 5.26 Å². The van der Waals surface area contributed by atoms with Crippen molar-refractivity contribution >= 4 is 23.4 Å². The fraction of sp³-hybridized carbons (Fsp3) is 0.500. The Balaban J connectivity index is 2.14. The van der Waals surface area contributed by atoms with E-state index < -0.39 is 0 Å². The van der Waals surface area contributed by atoms with Crippen LogP contribution in [0.2, 0.25) is 0 Å². The molecular weight excluding hydrogens is 282 g/mol. The van der Waals surface area contributed by atoms with Crippen LogP contribution in [0.5, 0.6) is 0 Å². The van der Waals surface area contributed by atoms with Crippen molar-refractivity contribution in [1.82, 2.24) is 4.90 Å². The first-order valence-corrected chi connectivity index (χ1v) is 8.39. The first kappa shape index (κ1) is 15.7. The monoisotopic (exact) mass is 303 g/mol. The fourth-order valence-electron chi connectivity index (χ4n) is 2.58. The van der Waals surface area contributed by atoms with Crippen LogP contribution in [0.1, 0.15) is 31.2 Å². The number of nitriles is 1. The molecule has 0 aromatic heterocycles. The van der Waals surface area contributed by atoms with Gasteiger partial charge in [-0.3, -0.25) is 4.79 Å². The van der Waals surface area contributed by atoms with Crippen molar-refractivity contribution in [2.75, 3.05) is 30.3 Å². The molecule has 1 atom stereocenters. The highest BCUT2D eigenvalue weighted by Crippen LogP contribution is 2.39. The molecule has 1 aromatic rings. The number of carbonyl (C=O) groups is 1. The highest BCUT2D eigenvalue weighted by Gasteiger charge is 2.32. The van der Waals surface area contributed by atoms with Crippen LogP contribution in [-0.2, 0) is 4.79 Å². The smallest absolute Gasteiger partial charge is 0.233 e. The van der Waals surface area contributed by atoms with Crippen LogP contribution in [0.3, 0.4) is 0 Å². The van der Waals surface area contributed by atoms with E-state index in [1.807, 2.05) is 4.90 Å². The molecule has 0 aliphatic carbocycles. The molecule has 0 N–H and O–H groups in total. The van der Waals surface area contributed by atoms with E-state index in [9.17, 15) is 4.79 Å². The van der Waals surface area contributed by atoms with Crippen LogP contribution in [0.25, 0.3) is 0 Å². The lowest BCUT2D eigenvalue weighted by atomic mass is 10.1. The van der Waals surface area contributed by atoms with Gasteiger partial charge in [-0.1, -0.05) is 12.1 Å². The second-order valence-corrected chi connectivity index (χ2v) is 5.99.